The summed E-state index contributed by atoms with van der Waals surface area (Å²) in [6.45, 7) is 10.8. The summed E-state index contributed by atoms with van der Waals surface area (Å²) in [5.74, 6) is 4.11. The fraction of sp³-hybridized carbons (Fsp3) is 0.926. The first-order chi connectivity index (χ1) is 14.2. The molecule has 0 aromatic rings. The molecule has 4 aliphatic carbocycles. The monoisotopic (exact) mass is 413 g/mol. The topological polar surface area (TPSA) is 43.3 Å². The molecule has 12 atom stereocenters. The summed E-state index contributed by atoms with van der Waals surface area (Å²) in [5.41, 5.74) is 2.24. The molecular formula is C27H43NO2. The van der Waals surface area contributed by atoms with E-state index in [1.807, 2.05) is 0 Å². The molecule has 5 fully saturated rings. The number of hydrogen-bond donors (Lipinski definition) is 1. The van der Waals surface area contributed by atoms with Gasteiger partial charge < -0.3 is 15.0 Å². The van der Waals surface area contributed by atoms with Gasteiger partial charge in [-0.1, -0.05) is 39.3 Å². The van der Waals surface area contributed by atoms with Crippen molar-refractivity contribution in [2.24, 2.45) is 46.3 Å². The molecule has 0 aromatic heterocycles. The van der Waals surface area contributed by atoms with Crippen LogP contribution in [0, 0.1) is 51.5 Å². The number of piperidine rings is 1. The van der Waals surface area contributed by atoms with E-state index in [0.29, 0.717) is 40.7 Å². The van der Waals surface area contributed by atoms with E-state index in [4.69, 9.17) is 0 Å². The fourth-order valence-corrected chi connectivity index (χ4v) is 10.8. The van der Waals surface area contributed by atoms with Gasteiger partial charge in [0.1, 0.15) is 0 Å². The number of hydroxylamine groups is 3. The average Bonchev–Trinajstić information content (AvgIpc) is 3.12. The number of nitrogens with zero attached hydrogens (tertiary/aromatic N) is 1. The van der Waals surface area contributed by atoms with Gasteiger partial charge >= 0.3 is 0 Å². The maximum absolute atomic E-state index is 14.4. The Balaban J connectivity index is 1.35. The summed E-state index contributed by atoms with van der Waals surface area (Å²) < 4.78 is 0.168. The van der Waals surface area contributed by atoms with Crippen molar-refractivity contribution in [1.82, 2.24) is 0 Å². The van der Waals surface area contributed by atoms with E-state index >= 15 is 0 Å². The van der Waals surface area contributed by atoms with Gasteiger partial charge in [0.25, 0.3) is 0 Å². The highest BCUT2D eigenvalue weighted by Gasteiger charge is 2.70. The maximum atomic E-state index is 14.4. The van der Waals surface area contributed by atoms with Crippen molar-refractivity contribution >= 4 is 0 Å². The quantitative estimate of drug-likeness (QED) is 0.316. The van der Waals surface area contributed by atoms with Crippen LogP contribution in [0.5, 0.6) is 0 Å². The van der Waals surface area contributed by atoms with Gasteiger partial charge in [-0.3, -0.25) is 0 Å². The molecule has 3 saturated carbocycles. The van der Waals surface area contributed by atoms with E-state index in [1.165, 1.54) is 32.1 Å². The molecule has 168 valence electrons. The number of aliphatic hydroxyl groups excluding tert-OH is 1. The maximum Gasteiger partial charge on any atom is 0.0931 e. The fourth-order valence-electron chi connectivity index (χ4n) is 10.8. The molecule has 6 aliphatic rings. The Morgan fingerprint density at radius 1 is 1.03 bits per heavy atom. The van der Waals surface area contributed by atoms with Gasteiger partial charge in [-0.05, 0) is 73.5 Å². The Hall–Kier alpha value is -0.380. The van der Waals surface area contributed by atoms with Crippen LogP contribution in [0.15, 0.2) is 11.6 Å². The minimum Gasteiger partial charge on any atom is -0.632 e. The van der Waals surface area contributed by atoms with E-state index in [1.54, 1.807) is 5.57 Å². The summed E-state index contributed by atoms with van der Waals surface area (Å²) in [7, 11) is 0. The van der Waals surface area contributed by atoms with Gasteiger partial charge in [0.15, 0.2) is 0 Å². The van der Waals surface area contributed by atoms with E-state index < -0.39 is 0 Å². The zero-order valence-corrected chi connectivity index (χ0v) is 19.6. The van der Waals surface area contributed by atoms with E-state index in [-0.39, 0.29) is 10.8 Å². The zero-order valence-electron chi connectivity index (χ0n) is 19.6. The van der Waals surface area contributed by atoms with Gasteiger partial charge in [0.05, 0.1) is 24.7 Å². The number of allylic oxidation sites excluding steroid dienone is 1. The summed E-state index contributed by atoms with van der Waals surface area (Å²) in [6, 6.07) is 0.745. The third kappa shape index (κ3) is 2.38. The summed E-state index contributed by atoms with van der Waals surface area (Å²) in [6.07, 6.45) is 13.0. The minimum absolute atomic E-state index is 0.121. The molecule has 2 heterocycles. The molecule has 3 heteroatoms. The second-order valence-electron chi connectivity index (χ2n) is 13.2. The number of aliphatic hydroxyl groups is 1. The molecule has 0 bridgehead atoms. The minimum atomic E-state index is -0.121. The van der Waals surface area contributed by atoms with E-state index in [9.17, 15) is 10.3 Å². The predicted octanol–water partition coefficient (Wildman–Crippen LogP) is 5.67. The van der Waals surface area contributed by atoms with Crippen molar-refractivity contribution in [3.8, 4) is 0 Å². The van der Waals surface area contributed by atoms with Crippen LogP contribution >= 0.6 is 0 Å². The second-order valence-corrected chi connectivity index (χ2v) is 13.2. The van der Waals surface area contributed by atoms with Crippen LogP contribution in [0.3, 0.4) is 0 Å². The average molecular weight is 414 g/mol. The highest BCUT2D eigenvalue weighted by molar-refractivity contribution is 5.26. The number of hydrogen-bond acceptors (Lipinski definition) is 2. The largest absolute Gasteiger partial charge is 0.632 e. The molecular weight excluding hydrogens is 370 g/mol. The van der Waals surface area contributed by atoms with E-state index in [2.05, 4.69) is 33.8 Å². The highest BCUT2D eigenvalue weighted by Crippen LogP contribution is 2.71. The van der Waals surface area contributed by atoms with Crippen LogP contribution < -0.4 is 0 Å². The van der Waals surface area contributed by atoms with Crippen LogP contribution in [-0.4, -0.2) is 34.5 Å². The second kappa shape index (κ2) is 6.35. The normalized spacial score (nSPS) is 61.9. The summed E-state index contributed by atoms with van der Waals surface area (Å²) >= 11 is 0. The molecule has 6 rings (SSSR count). The number of rotatable bonds is 0. The molecule has 0 amide bonds. The van der Waals surface area contributed by atoms with Crippen LogP contribution in [0.1, 0.15) is 85.5 Å². The zero-order chi connectivity index (χ0) is 21.1. The van der Waals surface area contributed by atoms with E-state index in [0.717, 1.165) is 50.0 Å². The summed E-state index contributed by atoms with van der Waals surface area (Å²) in [5, 5.41) is 24.7. The number of fused-ring (bicyclic) bond motifs is 9. The van der Waals surface area contributed by atoms with Gasteiger partial charge in [0, 0.05) is 30.6 Å². The first kappa shape index (κ1) is 20.2. The Morgan fingerprint density at radius 3 is 2.63 bits per heavy atom. The van der Waals surface area contributed by atoms with Crippen molar-refractivity contribution in [3.63, 3.8) is 0 Å². The lowest BCUT2D eigenvalue weighted by molar-refractivity contribution is -0.926. The first-order valence-corrected chi connectivity index (χ1v) is 13.1. The summed E-state index contributed by atoms with van der Waals surface area (Å²) in [4.78, 5) is 0. The highest BCUT2D eigenvalue weighted by atomic mass is 16.6. The lowest BCUT2D eigenvalue weighted by atomic mass is 9.47. The molecule has 30 heavy (non-hydrogen) atoms. The van der Waals surface area contributed by atoms with Gasteiger partial charge in [-0.15, -0.1) is 0 Å². The lowest BCUT2D eigenvalue weighted by Gasteiger charge is -2.58. The standard InChI is InChI=1S/C27H43NO2/c1-16-5-8-23-17(2)25-24(28(23,30)15-16)14-22-20-7-6-18-13-19(29)9-11-26(18,3)21(20)10-12-27(22,25)4/h6,16-17,19-25,29H,5,7-15H2,1-4H3/t16-,17+,19-,20+,21-,22-,23+,24-,25-,26-,27-,28?/m0/s1. The van der Waals surface area contributed by atoms with Crippen molar-refractivity contribution in [1.29, 1.82) is 0 Å². The molecule has 0 radical (unpaired) electrons. The predicted molar refractivity (Wildman–Crippen MR) is 120 cm³/mol. The molecule has 1 N–H and O–H groups in total. The third-order valence-electron chi connectivity index (χ3n) is 12.0. The smallest absolute Gasteiger partial charge is 0.0931 e. The van der Waals surface area contributed by atoms with Crippen molar-refractivity contribution in [2.45, 2.75) is 104 Å². The Bertz CT molecular complexity index is 764. The van der Waals surface area contributed by atoms with Crippen molar-refractivity contribution in [3.05, 3.63) is 16.9 Å². The van der Waals surface area contributed by atoms with Gasteiger partial charge in [-0.25, -0.2) is 0 Å². The first-order valence-electron chi connectivity index (χ1n) is 13.1. The third-order valence-corrected chi connectivity index (χ3v) is 12.0. The molecule has 3 nitrogen and oxygen atoms in total. The van der Waals surface area contributed by atoms with Crippen LogP contribution in [0.25, 0.3) is 0 Å². The van der Waals surface area contributed by atoms with Crippen LogP contribution in [0.2, 0.25) is 0 Å². The van der Waals surface area contributed by atoms with Crippen molar-refractivity contribution in [2.75, 3.05) is 6.54 Å². The lowest BCUT2D eigenvalue weighted by Crippen LogP contribution is -2.57. The Morgan fingerprint density at radius 2 is 1.83 bits per heavy atom. The number of quaternary nitrogens is 1. The molecule has 0 aromatic carbocycles. The Kier molecular flexibility index (Phi) is 4.29. The molecule has 2 saturated heterocycles. The van der Waals surface area contributed by atoms with Crippen LogP contribution in [0.4, 0.5) is 0 Å². The van der Waals surface area contributed by atoms with Gasteiger partial charge in [-0.2, -0.15) is 0 Å². The van der Waals surface area contributed by atoms with Crippen LogP contribution in [-0.2, 0) is 0 Å². The molecule has 0 spiro atoms. The van der Waals surface area contributed by atoms with Crippen molar-refractivity contribution < 1.29 is 9.75 Å². The van der Waals surface area contributed by atoms with Gasteiger partial charge in [0.2, 0.25) is 0 Å². The molecule has 2 aliphatic heterocycles. The Labute approximate surface area is 183 Å². The SMILES string of the molecule is C[C@H]1CC[C@@H]2[C@@H](C)[C@H]3[C@H](C[C@H]4[C@@H]5CC=C6C[C@@H](O)CC[C@]6(C)[C@H]5CC[C@]34C)[N+]2([O-])C1. The molecule has 1 unspecified atom stereocenters.